The number of likely N-dealkylation sites (tertiary alicyclic amines) is 1. The number of piperidine rings is 1. The highest BCUT2D eigenvalue weighted by Crippen LogP contribution is 2.16. The first-order valence-electron chi connectivity index (χ1n) is 8.51. The van der Waals surface area contributed by atoms with Gasteiger partial charge in [-0.25, -0.2) is 4.79 Å². The van der Waals surface area contributed by atoms with Crippen molar-refractivity contribution in [1.82, 2.24) is 25.8 Å². The standard InChI is InChI=1S/C17H25N5O3/c1-13(23)22-9-4-14(5-10-22)11-21-17(25)20-8-7-19-16(24)15-3-2-6-18-12-15/h2-3,6,12,14H,4-5,7-11H2,1H3,(H,19,24)(H2,20,21,25). The third-order valence-electron chi connectivity index (χ3n) is 4.23. The van der Waals surface area contributed by atoms with Gasteiger partial charge in [0, 0.05) is 52.0 Å². The van der Waals surface area contributed by atoms with Gasteiger partial charge in [0.25, 0.3) is 5.91 Å². The van der Waals surface area contributed by atoms with Crippen molar-refractivity contribution in [1.29, 1.82) is 0 Å². The number of rotatable bonds is 6. The molecule has 0 bridgehead atoms. The van der Waals surface area contributed by atoms with Crippen LogP contribution in [0.25, 0.3) is 0 Å². The summed E-state index contributed by atoms with van der Waals surface area (Å²) in [5.74, 6) is 0.289. The summed E-state index contributed by atoms with van der Waals surface area (Å²) in [6.45, 7) is 4.38. The van der Waals surface area contributed by atoms with E-state index in [9.17, 15) is 14.4 Å². The predicted octanol–water partition coefficient (Wildman–Crippen LogP) is 0.369. The molecule has 0 radical (unpaired) electrons. The molecule has 8 nitrogen and oxygen atoms in total. The molecule has 136 valence electrons. The number of amides is 4. The fourth-order valence-electron chi connectivity index (χ4n) is 2.70. The number of carbonyl (C=O) groups excluding carboxylic acids is 3. The number of nitrogens with zero attached hydrogens (tertiary/aromatic N) is 2. The maximum Gasteiger partial charge on any atom is 0.314 e. The van der Waals surface area contributed by atoms with Crippen molar-refractivity contribution in [3.8, 4) is 0 Å². The second-order valence-corrected chi connectivity index (χ2v) is 6.08. The molecule has 2 rings (SSSR count). The minimum atomic E-state index is -0.246. The topological polar surface area (TPSA) is 103 Å². The fourth-order valence-corrected chi connectivity index (χ4v) is 2.70. The Balaban J connectivity index is 1.54. The summed E-state index contributed by atoms with van der Waals surface area (Å²) in [5, 5.41) is 8.27. The molecule has 0 unspecified atom stereocenters. The van der Waals surface area contributed by atoms with E-state index in [0.29, 0.717) is 31.1 Å². The third kappa shape index (κ3) is 6.40. The molecule has 1 aliphatic rings. The van der Waals surface area contributed by atoms with Gasteiger partial charge in [-0.1, -0.05) is 0 Å². The Morgan fingerprint density at radius 2 is 1.88 bits per heavy atom. The van der Waals surface area contributed by atoms with E-state index < -0.39 is 0 Å². The van der Waals surface area contributed by atoms with E-state index in [2.05, 4.69) is 20.9 Å². The highest BCUT2D eigenvalue weighted by Gasteiger charge is 2.20. The summed E-state index contributed by atoms with van der Waals surface area (Å²) in [6.07, 6.45) is 4.90. The zero-order valence-corrected chi connectivity index (χ0v) is 14.5. The van der Waals surface area contributed by atoms with Crippen LogP contribution in [0.4, 0.5) is 4.79 Å². The zero-order valence-electron chi connectivity index (χ0n) is 14.5. The lowest BCUT2D eigenvalue weighted by Crippen LogP contribution is -2.44. The van der Waals surface area contributed by atoms with Gasteiger partial charge in [0.15, 0.2) is 0 Å². The number of pyridine rings is 1. The minimum absolute atomic E-state index is 0.109. The van der Waals surface area contributed by atoms with Crippen LogP contribution in [-0.4, -0.2) is 60.5 Å². The Kier molecular flexibility index (Phi) is 7.18. The number of carbonyl (C=O) groups is 3. The van der Waals surface area contributed by atoms with E-state index in [0.717, 1.165) is 25.9 Å². The average molecular weight is 347 g/mol. The van der Waals surface area contributed by atoms with Gasteiger partial charge in [-0.3, -0.25) is 14.6 Å². The molecule has 1 aromatic rings. The number of hydrogen-bond donors (Lipinski definition) is 3. The van der Waals surface area contributed by atoms with Gasteiger partial charge in [0.1, 0.15) is 0 Å². The molecule has 4 amide bonds. The van der Waals surface area contributed by atoms with Gasteiger partial charge < -0.3 is 20.9 Å². The molecule has 0 saturated carbocycles. The van der Waals surface area contributed by atoms with Crippen LogP contribution in [0, 0.1) is 5.92 Å². The van der Waals surface area contributed by atoms with Crippen LogP contribution >= 0.6 is 0 Å². The molecular formula is C17H25N5O3. The lowest BCUT2D eigenvalue weighted by molar-refractivity contribution is -0.130. The summed E-state index contributed by atoms with van der Waals surface area (Å²) in [5.41, 5.74) is 0.490. The summed E-state index contributed by atoms with van der Waals surface area (Å²) in [7, 11) is 0. The Morgan fingerprint density at radius 3 is 2.52 bits per heavy atom. The highest BCUT2D eigenvalue weighted by molar-refractivity contribution is 5.93. The first kappa shape index (κ1) is 18.7. The molecule has 1 aliphatic heterocycles. The molecule has 3 N–H and O–H groups in total. The predicted molar refractivity (Wildman–Crippen MR) is 92.9 cm³/mol. The van der Waals surface area contributed by atoms with Gasteiger partial charge in [-0.2, -0.15) is 0 Å². The number of nitrogens with one attached hydrogen (secondary N) is 3. The highest BCUT2D eigenvalue weighted by atomic mass is 16.2. The van der Waals surface area contributed by atoms with Crippen LogP contribution in [0.15, 0.2) is 24.5 Å². The van der Waals surface area contributed by atoms with Crippen molar-refractivity contribution in [3.63, 3.8) is 0 Å². The SMILES string of the molecule is CC(=O)N1CCC(CNC(=O)NCCNC(=O)c2cccnc2)CC1. The van der Waals surface area contributed by atoms with E-state index in [1.165, 1.54) is 6.20 Å². The molecule has 0 aromatic carbocycles. The zero-order chi connectivity index (χ0) is 18.1. The van der Waals surface area contributed by atoms with E-state index in [1.54, 1.807) is 25.3 Å². The summed E-state index contributed by atoms with van der Waals surface area (Å²) in [4.78, 5) is 40.5. The van der Waals surface area contributed by atoms with Gasteiger partial charge in [0.2, 0.25) is 5.91 Å². The Labute approximate surface area is 147 Å². The van der Waals surface area contributed by atoms with Crippen molar-refractivity contribution in [2.75, 3.05) is 32.7 Å². The van der Waals surface area contributed by atoms with E-state index in [4.69, 9.17) is 0 Å². The average Bonchev–Trinajstić information content (AvgIpc) is 2.64. The van der Waals surface area contributed by atoms with Crippen molar-refractivity contribution in [2.45, 2.75) is 19.8 Å². The smallest absolute Gasteiger partial charge is 0.314 e. The van der Waals surface area contributed by atoms with Crippen molar-refractivity contribution in [3.05, 3.63) is 30.1 Å². The van der Waals surface area contributed by atoms with Gasteiger partial charge in [-0.05, 0) is 30.9 Å². The lowest BCUT2D eigenvalue weighted by atomic mass is 9.97. The second-order valence-electron chi connectivity index (χ2n) is 6.08. The summed E-state index contributed by atoms with van der Waals surface area (Å²) in [6, 6.07) is 3.13. The third-order valence-corrected chi connectivity index (χ3v) is 4.23. The molecule has 0 aliphatic carbocycles. The van der Waals surface area contributed by atoms with Crippen LogP contribution in [0.3, 0.4) is 0 Å². The maximum absolute atomic E-state index is 11.8. The number of aromatic nitrogens is 1. The molecule has 8 heteroatoms. The Hall–Kier alpha value is -2.64. The molecule has 1 saturated heterocycles. The van der Waals surface area contributed by atoms with Crippen molar-refractivity contribution in [2.24, 2.45) is 5.92 Å². The van der Waals surface area contributed by atoms with E-state index in [-0.39, 0.29) is 17.8 Å². The van der Waals surface area contributed by atoms with E-state index >= 15 is 0 Å². The lowest BCUT2D eigenvalue weighted by Gasteiger charge is -2.31. The van der Waals surface area contributed by atoms with Crippen LogP contribution in [0.1, 0.15) is 30.1 Å². The van der Waals surface area contributed by atoms with E-state index in [1.807, 2.05) is 4.90 Å². The van der Waals surface area contributed by atoms with Gasteiger partial charge in [0.05, 0.1) is 5.56 Å². The summed E-state index contributed by atoms with van der Waals surface area (Å²) >= 11 is 0. The Bertz CT molecular complexity index is 585. The molecule has 0 atom stereocenters. The summed E-state index contributed by atoms with van der Waals surface area (Å²) < 4.78 is 0. The molecular weight excluding hydrogens is 322 g/mol. The molecule has 1 aromatic heterocycles. The first-order chi connectivity index (χ1) is 12.1. The quantitative estimate of drug-likeness (QED) is 0.647. The van der Waals surface area contributed by atoms with Crippen molar-refractivity contribution < 1.29 is 14.4 Å². The monoisotopic (exact) mass is 347 g/mol. The van der Waals surface area contributed by atoms with Crippen LogP contribution in [0.2, 0.25) is 0 Å². The molecule has 0 spiro atoms. The molecule has 2 heterocycles. The largest absolute Gasteiger partial charge is 0.350 e. The van der Waals surface area contributed by atoms with Crippen molar-refractivity contribution >= 4 is 17.8 Å². The van der Waals surface area contributed by atoms with Crippen LogP contribution in [0.5, 0.6) is 0 Å². The minimum Gasteiger partial charge on any atom is -0.350 e. The van der Waals surface area contributed by atoms with Gasteiger partial charge in [-0.15, -0.1) is 0 Å². The Morgan fingerprint density at radius 1 is 1.16 bits per heavy atom. The number of urea groups is 1. The first-order valence-corrected chi connectivity index (χ1v) is 8.51. The molecule has 1 fully saturated rings. The van der Waals surface area contributed by atoms with Gasteiger partial charge >= 0.3 is 6.03 Å². The maximum atomic E-state index is 11.8. The number of hydrogen-bond acceptors (Lipinski definition) is 4. The molecule has 25 heavy (non-hydrogen) atoms. The fraction of sp³-hybridized carbons (Fsp3) is 0.529. The normalized spacial score (nSPS) is 14.7. The van der Waals surface area contributed by atoms with Crippen LogP contribution in [-0.2, 0) is 4.79 Å². The second kappa shape index (κ2) is 9.61. The van der Waals surface area contributed by atoms with Crippen LogP contribution < -0.4 is 16.0 Å².